The van der Waals surface area contributed by atoms with Crippen molar-refractivity contribution in [3.63, 3.8) is 0 Å². The normalized spacial score (nSPS) is 21.8. The van der Waals surface area contributed by atoms with Crippen molar-refractivity contribution in [2.45, 2.75) is 31.3 Å². The summed E-state index contributed by atoms with van der Waals surface area (Å²) in [6.07, 6.45) is 4.40. The fourth-order valence-corrected chi connectivity index (χ4v) is 4.46. The third-order valence-electron chi connectivity index (χ3n) is 6.35. The van der Waals surface area contributed by atoms with E-state index in [0.717, 1.165) is 56.1 Å². The number of benzene rings is 1. The molecular formula is C24H28ClN5O3. The monoisotopic (exact) mass is 469 g/mol. The predicted octanol–water partition coefficient (Wildman–Crippen LogP) is 2.51. The highest BCUT2D eigenvalue weighted by Crippen LogP contribution is 2.33. The standard InChI is InChI=1S/C24H28ClN5O3/c25-18-5-3-17(4-6-18)20-14-21(22-2-1-13-33-22)30(27-20)24(32)16-29-11-9-28(10-12-29)15-23(31)26-19-7-8-19/h1-6,13,19,21H,7-12,14-16H2,(H,26,31). The Morgan fingerprint density at radius 2 is 1.73 bits per heavy atom. The van der Waals surface area contributed by atoms with Gasteiger partial charge in [0, 0.05) is 43.7 Å². The second-order valence-electron chi connectivity index (χ2n) is 8.92. The Hall–Kier alpha value is -2.68. The third kappa shape index (κ3) is 5.46. The number of hydrazone groups is 1. The molecule has 0 radical (unpaired) electrons. The Kier molecular flexibility index (Phi) is 6.48. The summed E-state index contributed by atoms with van der Waals surface area (Å²) in [5.41, 5.74) is 1.79. The summed E-state index contributed by atoms with van der Waals surface area (Å²) >= 11 is 6.03. The quantitative estimate of drug-likeness (QED) is 0.673. The average molecular weight is 470 g/mol. The van der Waals surface area contributed by atoms with Crippen LogP contribution in [0.1, 0.15) is 36.6 Å². The topological polar surface area (TPSA) is 81.4 Å². The maximum absolute atomic E-state index is 13.3. The summed E-state index contributed by atoms with van der Waals surface area (Å²) in [6, 6.07) is 11.3. The lowest BCUT2D eigenvalue weighted by Gasteiger charge is -2.34. The molecule has 33 heavy (non-hydrogen) atoms. The van der Waals surface area contributed by atoms with Crippen LogP contribution in [0.3, 0.4) is 0 Å². The summed E-state index contributed by atoms with van der Waals surface area (Å²) < 4.78 is 5.63. The number of amides is 2. The van der Waals surface area contributed by atoms with Crippen LogP contribution in [0, 0.1) is 0 Å². The fourth-order valence-electron chi connectivity index (χ4n) is 4.33. The molecule has 9 heteroatoms. The second kappa shape index (κ2) is 9.67. The zero-order chi connectivity index (χ0) is 22.8. The van der Waals surface area contributed by atoms with Crippen molar-refractivity contribution in [2.75, 3.05) is 39.3 Å². The van der Waals surface area contributed by atoms with Crippen molar-refractivity contribution in [3.8, 4) is 0 Å². The summed E-state index contributed by atoms with van der Waals surface area (Å²) in [6.45, 7) is 3.75. The van der Waals surface area contributed by atoms with E-state index in [-0.39, 0.29) is 24.4 Å². The summed E-state index contributed by atoms with van der Waals surface area (Å²) in [7, 11) is 0. The number of rotatable bonds is 7. The lowest BCUT2D eigenvalue weighted by atomic mass is 10.0. The highest BCUT2D eigenvalue weighted by Gasteiger charge is 2.36. The molecule has 1 aliphatic carbocycles. The zero-order valence-corrected chi connectivity index (χ0v) is 19.2. The molecule has 0 bridgehead atoms. The number of furan rings is 1. The molecule has 3 aliphatic rings. The molecule has 1 saturated heterocycles. The number of halogens is 1. The van der Waals surface area contributed by atoms with Crippen LogP contribution >= 0.6 is 11.6 Å². The zero-order valence-electron chi connectivity index (χ0n) is 18.5. The van der Waals surface area contributed by atoms with Crippen LogP contribution in [0.2, 0.25) is 5.02 Å². The van der Waals surface area contributed by atoms with E-state index < -0.39 is 0 Å². The summed E-state index contributed by atoms with van der Waals surface area (Å²) in [5, 5.41) is 9.95. The fraction of sp³-hybridized carbons (Fsp3) is 0.458. The first kappa shape index (κ1) is 22.1. The molecule has 2 aliphatic heterocycles. The molecule has 1 N–H and O–H groups in total. The lowest BCUT2D eigenvalue weighted by molar-refractivity contribution is -0.135. The van der Waals surface area contributed by atoms with E-state index in [1.54, 1.807) is 11.3 Å². The van der Waals surface area contributed by atoms with Gasteiger partial charge < -0.3 is 9.73 Å². The third-order valence-corrected chi connectivity index (χ3v) is 6.60. The molecular weight excluding hydrogens is 442 g/mol. The van der Waals surface area contributed by atoms with Gasteiger partial charge in [-0.05, 0) is 42.7 Å². The molecule has 2 fully saturated rings. The Morgan fingerprint density at radius 3 is 2.36 bits per heavy atom. The minimum Gasteiger partial charge on any atom is -0.467 e. The van der Waals surface area contributed by atoms with Gasteiger partial charge in [0.05, 0.1) is 25.1 Å². The SMILES string of the molecule is O=C(CN1CCN(CC(=O)N2N=C(c3ccc(Cl)cc3)CC2c2ccco2)CC1)NC1CC1. The van der Waals surface area contributed by atoms with Crippen molar-refractivity contribution in [3.05, 3.63) is 59.0 Å². The number of hydrogen-bond donors (Lipinski definition) is 1. The van der Waals surface area contributed by atoms with Gasteiger partial charge in [0.1, 0.15) is 11.8 Å². The Balaban J connectivity index is 1.20. The van der Waals surface area contributed by atoms with E-state index in [0.29, 0.717) is 24.0 Å². The van der Waals surface area contributed by atoms with Gasteiger partial charge in [-0.3, -0.25) is 19.4 Å². The molecule has 174 valence electrons. The molecule has 8 nitrogen and oxygen atoms in total. The first-order chi connectivity index (χ1) is 16.0. The van der Waals surface area contributed by atoms with Gasteiger partial charge >= 0.3 is 0 Å². The van der Waals surface area contributed by atoms with Crippen molar-refractivity contribution < 1.29 is 14.0 Å². The van der Waals surface area contributed by atoms with Gasteiger partial charge in [-0.2, -0.15) is 5.10 Å². The average Bonchev–Trinajstić information content (AvgIpc) is 3.26. The molecule has 5 rings (SSSR count). The van der Waals surface area contributed by atoms with Crippen molar-refractivity contribution in [2.24, 2.45) is 5.10 Å². The minimum atomic E-state index is -0.259. The molecule has 1 saturated carbocycles. The van der Waals surface area contributed by atoms with Crippen molar-refractivity contribution in [1.82, 2.24) is 20.1 Å². The van der Waals surface area contributed by atoms with Gasteiger partial charge in [-0.25, -0.2) is 5.01 Å². The summed E-state index contributed by atoms with van der Waals surface area (Å²) in [5.74, 6) is 0.771. The molecule has 1 atom stereocenters. The molecule has 0 spiro atoms. The minimum absolute atomic E-state index is 0.0553. The number of carbonyl (C=O) groups excluding carboxylic acids is 2. The predicted molar refractivity (Wildman–Crippen MR) is 125 cm³/mol. The number of hydrogen-bond acceptors (Lipinski definition) is 6. The van der Waals surface area contributed by atoms with Crippen molar-refractivity contribution in [1.29, 1.82) is 0 Å². The van der Waals surface area contributed by atoms with Gasteiger partial charge in [0.2, 0.25) is 5.91 Å². The van der Waals surface area contributed by atoms with Gasteiger partial charge in [-0.1, -0.05) is 23.7 Å². The van der Waals surface area contributed by atoms with E-state index in [2.05, 4.69) is 20.2 Å². The van der Waals surface area contributed by atoms with Gasteiger partial charge in [-0.15, -0.1) is 0 Å². The molecule has 1 unspecified atom stereocenters. The Morgan fingerprint density at radius 1 is 1.03 bits per heavy atom. The highest BCUT2D eigenvalue weighted by atomic mass is 35.5. The number of piperazine rings is 1. The summed E-state index contributed by atoms with van der Waals surface area (Å²) in [4.78, 5) is 29.6. The van der Waals surface area contributed by atoms with E-state index in [4.69, 9.17) is 16.0 Å². The molecule has 2 aromatic rings. The van der Waals surface area contributed by atoms with Crippen LogP contribution in [0.15, 0.2) is 52.2 Å². The Labute approximate surface area is 198 Å². The van der Waals surface area contributed by atoms with Crippen LogP contribution in [0.4, 0.5) is 0 Å². The lowest BCUT2D eigenvalue weighted by Crippen LogP contribution is -2.51. The Bertz CT molecular complexity index is 1010. The van der Waals surface area contributed by atoms with Crippen LogP contribution < -0.4 is 5.32 Å². The van der Waals surface area contributed by atoms with E-state index in [1.165, 1.54) is 0 Å². The van der Waals surface area contributed by atoms with Gasteiger partial charge in [0.25, 0.3) is 5.91 Å². The second-order valence-corrected chi connectivity index (χ2v) is 9.36. The number of nitrogens with one attached hydrogen (secondary N) is 1. The van der Waals surface area contributed by atoms with E-state index in [9.17, 15) is 9.59 Å². The molecule has 3 heterocycles. The smallest absolute Gasteiger partial charge is 0.257 e. The maximum atomic E-state index is 13.3. The van der Waals surface area contributed by atoms with Crippen LogP contribution in [-0.2, 0) is 9.59 Å². The van der Waals surface area contributed by atoms with E-state index in [1.807, 2.05) is 36.4 Å². The highest BCUT2D eigenvalue weighted by molar-refractivity contribution is 6.30. The first-order valence-electron chi connectivity index (χ1n) is 11.5. The largest absolute Gasteiger partial charge is 0.467 e. The molecule has 1 aromatic carbocycles. The molecule has 2 amide bonds. The van der Waals surface area contributed by atoms with Crippen LogP contribution in [-0.4, -0.2) is 77.6 Å². The first-order valence-corrected chi connectivity index (χ1v) is 11.9. The molecule has 1 aromatic heterocycles. The maximum Gasteiger partial charge on any atom is 0.257 e. The van der Waals surface area contributed by atoms with Crippen LogP contribution in [0.25, 0.3) is 0 Å². The van der Waals surface area contributed by atoms with Crippen LogP contribution in [0.5, 0.6) is 0 Å². The van der Waals surface area contributed by atoms with Gasteiger partial charge in [0.15, 0.2) is 0 Å². The van der Waals surface area contributed by atoms with E-state index >= 15 is 0 Å². The van der Waals surface area contributed by atoms with Crippen molar-refractivity contribution >= 4 is 29.1 Å². The number of nitrogens with zero attached hydrogens (tertiary/aromatic N) is 4. The number of carbonyl (C=O) groups is 2.